The maximum Gasteiger partial charge on any atom is 0.322 e. The molecule has 1 N–H and O–H groups in total. The number of carbonyl (C=O) groups excluding carboxylic acids is 1. The fraction of sp³-hybridized carbons (Fsp3) is 0.115. The average Bonchev–Trinajstić information content (AvgIpc) is 3.24. The van der Waals surface area contributed by atoms with E-state index in [9.17, 15) is 4.79 Å². The molecule has 0 spiro atoms. The maximum atomic E-state index is 13.7. The molecule has 0 aliphatic carbocycles. The van der Waals surface area contributed by atoms with Crippen molar-refractivity contribution in [2.45, 2.75) is 12.6 Å². The molecule has 160 valence electrons. The topological polar surface area (TPSA) is 46.5 Å². The highest BCUT2D eigenvalue weighted by Crippen LogP contribution is 2.37. The number of hydrogen-bond acceptors (Lipinski definition) is 2. The summed E-state index contributed by atoms with van der Waals surface area (Å²) in [5, 5.41) is 3.71. The highest BCUT2D eigenvalue weighted by Gasteiger charge is 2.33. The number of nitrogens with zero attached hydrogens (tertiary/aromatic N) is 2. The van der Waals surface area contributed by atoms with Crippen molar-refractivity contribution in [3.63, 3.8) is 0 Å². The van der Waals surface area contributed by atoms with Gasteiger partial charge in [-0.2, -0.15) is 0 Å². The van der Waals surface area contributed by atoms with Gasteiger partial charge in [0.2, 0.25) is 0 Å². The Hall–Kier alpha value is -3.70. The number of para-hydroxylation sites is 1. The lowest BCUT2D eigenvalue weighted by Crippen LogP contribution is -2.37. The summed E-state index contributed by atoms with van der Waals surface area (Å²) in [5.41, 5.74) is 4.82. The van der Waals surface area contributed by atoms with E-state index >= 15 is 0 Å². The highest BCUT2D eigenvalue weighted by molar-refractivity contribution is 6.30. The van der Waals surface area contributed by atoms with Gasteiger partial charge in [-0.05, 0) is 53.6 Å². The lowest BCUT2D eigenvalue weighted by Gasteiger charge is -2.31. The molecule has 0 saturated heterocycles. The molecule has 0 fully saturated rings. The van der Waals surface area contributed by atoms with E-state index in [1.54, 1.807) is 7.11 Å². The summed E-state index contributed by atoms with van der Waals surface area (Å²) in [6.45, 7) is 0.459. The van der Waals surface area contributed by atoms with Crippen molar-refractivity contribution >= 4 is 23.3 Å². The minimum absolute atomic E-state index is 0.192. The van der Waals surface area contributed by atoms with Gasteiger partial charge in [0.15, 0.2) is 0 Å². The molecule has 1 aromatic heterocycles. The van der Waals surface area contributed by atoms with E-state index in [0.29, 0.717) is 23.0 Å². The van der Waals surface area contributed by atoms with E-state index in [4.69, 9.17) is 16.3 Å². The minimum Gasteiger partial charge on any atom is -0.497 e. The smallest absolute Gasteiger partial charge is 0.322 e. The van der Waals surface area contributed by atoms with Crippen LogP contribution in [0.5, 0.6) is 5.75 Å². The molecule has 1 atom stereocenters. The van der Waals surface area contributed by atoms with E-state index in [-0.39, 0.29) is 12.1 Å². The molecule has 2 amide bonds. The van der Waals surface area contributed by atoms with Gasteiger partial charge in [-0.3, -0.25) is 0 Å². The molecule has 5 nitrogen and oxygen atoms in total. The van der Waals surface area contributed by atoms with Crippen molar-refractivity contribution in [2.24, 2.45) is 0 Å². The normalized spacial score (nSPS) is 14.8. The lowest BCUT2D eigenvalue weighted by atomic mass is 10.0. The Balaban J connectivity index is 1.61. The molecule has 2 heterocycles. The summed E-state index contributed by atoms with van der Waals surface area (Å²) in [5.74, 6) is 0.687. The quantitative estimate of drug-likeness (QED) is 0.405. The molecular formula is C26H22ClN3O2. The molecule has 3 aromatic carbocycles. The minimum atomic E-state index is -0.291. The number of benzene rings is 3. The predicted octanol–water partition coefficient (Wildman–Crippen LogP) is 6.28. The third kappa shape index (κ3) is 3.72. The molecule has 0 bridgehead atoms. The second-order valence-electron chi connectivity index (χ2n) is 7.68. The monoisotopic (exact) mass is 443 g/mol. The van der Waals surface area contributed by atoms with Crippen LogP contribution in [0.2, 0.25) is 5.02 Å². The molecule has 1 unspecified atom stereocenters. The van der Waals surface area contributed by atoms with Crippen molar-refractivity contribution in [2.75, 3.05) is 12.4 Å². The summed E-state index contributed by atoms with van der Waals surface area (Å²) < 4.78 is 7.47. The number of carbonyl (C=O) groups is 1. The van der Waals surface area contributed by atoms with Crippen molar-refractivity contribution in [3.8, 4) is 11.4 Å². The van der Waals surface area contributed by atoms with Gasteiger partial charge in [0.05, 0.1) is 25.4 Å². The summed E-state index contributed by atoms with van der Waals surface area (Å²) >= 11 is 6.16. The van der Waals surface area contributed by atoms with Gasteiger partial charge in [-0.15, -0.1) is 0 Å². The van der Waals surface area contributed by atoms with E-state index < -0.39 is 0 Å². The Bertz CT molecular complexity index is 1270. The van der Waals surface area contributed by atoms with Gasteiger partial charge in [0.1, 0.15) is 5.75 Å². The Kier molecular flexibility index (Phi) is 5.33. The number of amides is 2. The van der Waals surface area contributed by atoms with E-state index in [1.165, 1.54) is 0 Å². The third-order valence-electron chi connectivity index (χ3n) is 5.73. The number of urea groups is 1. The SMILES string of the molecule is COc1cccc(NC(=O)N2Cc3ccccc3-n3cccc3C2c2ccc(Cl)cc2)c1. The molecule has 1 aliphatic rings. The Morgan fingerprint density at radius 1 is 1.00 bits per heavy atom. The summed E-state index contributed by atoms with van der Waals surface area (Å²) in [7, 11) is 1.61. The first kappa shape index (κ1) is 20.2. The van der Waals surface area contributed by atoms with Crippen LogP contribution in [0.1, 0.15) is 22.9 Å². The number of ether oxygens (including phenoxy) is 1. The van der Waals surface area contributed by atoms with Crippen molar-refractivity contribution < 1.29 is 9.53 Å². The van der Waals surface area contributed by atoms with E-state index in [0.717, 1.165) is 22.5 Å². The predicted molar refractivity (Wildman–Crippen MR) is 127 cm³/mol. The fourth-order valence-corrected chi connectivity index (χ4v) is 4.36. The van der Waals surface area contributed by atoms with Gasteiger partial charge in [-0.25, -0.2) is 4.79 Å². The molecule has 4 aromatic rings. The molecule has 0 saturated carbocycles. The molecule has 1 aliphatic heterocycles. The fourth-order valence-electron chi connectivity index (χ4n) is 4.23. The number of halogens is 1. The number of rotatable bonds is 3. The van der Waals surface area contributed by atoms with E-state index in [2.05, 4.69) is 28.1 Å². The Labute approximate surface area is 191 Å². The largest absolute Gasteiger partial charge is 0.497 e. The van der Waals surface area contributed by atoms with Gasteiger partial charge in [0, 0.05) is 28.7 Å². The zero-order valence-corrected chi connectivity index (χ0v) is 18.3. The number of nitrogens with one attached hydrogen (secondary N) is 1. The van der Waals surface area contributed by atoms with Gasteiger partial charge in [0.25, 0.3) is 0 Å². The number of methoxy groups -OCH3 is 1. The van der Waals surface area contributed by atoms with Crippen molar-refractivity contribution in [1.29, 1.82) is 0 Å². The third-order valence-corrected chi connectivity index (χ3v) is 5.98. The highest BCUT2D eigenvalue weighted by atomic mass is 35.5. The van der Waals surface area contributed by atoms with Crippen LogP contribution in [0.15, 0.2) is 91.1 Å². The van der Waals surface area contributed by atoms with Crippen LogP contribution in [0, 0.1) is 0 Å². The van der Waals surface area contributed by atoms with Crippen molar-refractivity contribution in [1.82, 2.24) is 9.47 Å². The first-order valence-corrected chi connectivity index (χ1v) is 10.7. The Morgan fingerprint density at radius 3 is 2.62 bits per heavy atom. The average molecular weight is 444 g/mol. The molecule has 6 heteroatoms. The number of hydrogen-bond donors (Lipinski definition) is 1. The first-order valence-electron chi connectivity index (χ1n) is 10.4. The lowest BCUT2D eigenvalue weighted by molar-refractivity contribution is 0.194. The summed E-state index contributed by atoms with van der Waals surface area (Å²) in [6.07, 6.45) is 2.04. The maximum absolute atomic E-state index is 13.7. The van der Waals surface area contributed by atoms with Crippen LogP contribution in [-0.4, -0.2) is 22.6 Å². The summed E-state index contributed by atoms with van der Waals surface area (Å²) in [4.78, 5) is 15.5. The van der Waals surface area contributed by atoms with E-state index in [1.807, 2.05) is 77.8 Å². The zero-order chi connectivity index (χ0) is 22.1. The Morgan fingerprint density at radius 2 is 1.81 bits per heavy atom. The second kappa shape index (κ2) is 8.44. The second-order valence-corrected chi connectivity index (χ2v) is 8.11. The molecular weight excluding hydrogens is 422 g/mol. The van der Waals surface area contributed by atoms with Crippen LogP contribution in [-0.2, 0) is 6.54 Å². The standard InChI is InChI=1S/C26H22ClN3O2/c1-32-22-8-4-7-21(16-22)28-26(31)30-17-19-6-2-3-9-23(19)29-15-5-10-24(29)25(30)18-11-13-20(27)14-12-18/h2-16,25H,17H2,1H3,(H,28,31). The van der Waals surface area contributed by atoms with Crippen LogP contribution in [0.3, 0.4) is 0 Å². The first-order chi connectivity index (χ1) is 15.6. The van der Waals surface area contributed by atoms with Gasteiger partial charge in [-0.1, -0.05) is 48.0 Å². The van der Waals surface area contributed by atoms with Crippen LogP contribution in [0.25, 0.3) is 5.69 Å². The zero-order valence-electron chi connectivity index (χ0n) is 17.5. The van der Waals surface area contributed by atoms with Crippen LogP contribution < -0.4 is 10.1 Å². The van der Waals surface area contributed by atoms with Crippen molar-refractivity contribution in [3.05, 3.63) is 113 Å². The molecule has 0 radical (unpaired) electrons. The number of anilines is 1. The van der Waals surface area contributed by atoms with Crippen LogP contribution in [0.4, 0.5) is 10.5 Å². The molecule has 32 heavy (non-hydrogen) atoms. The summed E-state index contributed by atoms with van der Waals surface area (Å²) in [6, 6.07) is 26.8. The van der Waals surface area contributed by atoms with Gasteiger partial charge >= 0.3 is 6.03 Å². The van der Waals surface area contributed by atoms with Gasteiger partial charge < -0.3 is 19.5 Å². The molecule has 5 rings (SSSR count). The number of fused-ring (bicyclic) bond motifs is 3. The number of aromatic nitrogens is 1. The van der Waals surface area contributed by atoms with Crippen LogP contribution >= 0.6 is 11.6 Å².